The maximum atomic E-state index is 12.8. The zero-order valence-electron chi connectivity index (χ0n) is 18.3. The van der Waals surface area contributed by atoms with Crippen LogP contribution in [-0.4, -0.2) is 25.0 Å². The number of rotatable bonds is 10. The van der Waals surface area contributed by atoms with Crippen LogP contribution in [0.5, 0.6) is 5.75 Å². The topological polar surface area (TPSA) is 102 Å². The third kappa shape index (κ3) is 6.61. The van der Waals surface area contributed by atoms with Gasteiger partial charge in [-0.25, -0.2) is 0 Å². The molecule has 2 aromatic carbocycles. The van der Waals surface area contributed by atoms with Crippen molar-refractivity contribution in [2.75, 3.05) is 23.1 Å². The van der Waals surface area contributed by atoms with Gasteiger partial charge in [-0.15, -0.1) is 0 Å². The fraction of sp³-hybridized carbons (Fsp3) is 0.250. The van der Waals surface area contributed by atoms with Crippen LogP contribution in [0.15, 0.2) is 65.3 Å². The average molecular weight is 437 g/mol. The van der Waals surface area contributed by atoms with E-state index in [1.54, 1.807) is 31.4 Å². The molecule has 0 radical (unpaired) electrons. The summed E-state index contributed by atoms with van der Waals surface area (Å²) >= 11 is 0. The van der Waals surface area contributed by atoms with Gasteiger partial charge in [-0.2, -0.15) is 0 Å². The Balaban J connectivity index is 1.59. The van der Waals surface area contributed by atoms with Gasteiger partial charge in [-0.05, 0) is 55.0 Å². The molecule has 3 rings (SSSR count). The van der Waals surface area contributed by atoms with Gasteiger partial charge in [0, 0.05) is 18.3 Å². The SMILES string of the molecule is COc1ccc(NC(C)=O)cc1NC(=O)C(C)Nc1cccc(COCc2ccco2)c1. The quantitative estimate of drug-likeness (QED) is 0.434. The number of hydrogen-bond donors (Lipinski definition) is 3. The van der Waals surface area contributed by atoms with Crippen LogP contribution in [0.3, 0.4) is 0 Å². The lowest BCUT2D eigenvalue weighted by Gasteiger charge is -2.18. The second kappa shape index (κ2) is 11.0. The Morgan fingerprint density at radius 3 is 2.56 bits per heavy atom. The highest BCUT2D eigenvalue weighted by Crippen LogP contribution is 2.28. The highest BCUT2D eigenvalue weighted by molar-refractivity contribution is 5.98. The summed E-state index contributed by atoms with van der Waals surface area (Å²) in [6, 6.07) is 15.9. The van der Waals surface area contributed by atoms with E-state index in [0.717, 1.165) is 17.0 Å². The van der Waals surface area contributed by atoms with E-state index in [0.29, 0.717) is 30.3 Å². The summed E-state index contributed by atoms with van der Waals surface area (Å²) in [4.78, 5) is 24.1. The number of anilines is 3. The van der Waals surface area contributed by atoms with E-state index in [9.17, 15) is 9.59 Å². The summed E-state index contributed by atoms with van der Waals surface area (Å²) in [7, 11) is 1.52. The van der Waals surface area contributed by atoms with Gasteiger partial charge in [-0.1, -0.05) is 12.1 Å². The fourth-order valence-electron chi connectivity index (χ4n) is 3.06. The predicted molar refractivity (Wildman–Crippen MR) is 123 cm³/mol. The summed E-state index contributed by atoms with van der Waals surface area (Å²) in [5.41, 5.74) is 2.80. The number of carbonyl (C=O) groups is 2. The highest BCUT2D eigenvalue weighted by Gasteiger charge is 2.16. The second-order valence-electron chi connectivity index (χ2n) is 7.22. The molecule has 8 heteroatoms. The van der Waals surface area contributed by atoms with E-state index in [1.165, 1.54) is 14.0 Å². The molecule has 0 spiro atoms. The molecule has 3 aromatic rings. The Morgan fingerprint density at radius 1 is 1.00 bits per heavy atom. The largest absolute Gasteiger partial charge is 0.495 e. The minimum atomic E-state index is -0.525. The molecule has 8 nitrogen and oxygen atoms in total. The van der Waals surface area contributed by atoms with Crippen molar-refractivity contribution in [3.05, 3.63) is 72.2 Å². The van der Waals surface area contributed by atoms with Crippen molar-refractivity contribution in [1.82, 2.24) is 0 Å². The van der Waals surface area contributed by atoms with Gasteiger partial charge in [0.05, 0.1) is 25.7 Å². The summed E-state index contributed by atoms with van der Waals surface area (Å²) in [5.74, 6) is 0.816. The van der Waals surface area contributed by atoms with Crippen LogP contribution in [0.4, 0.5) is 17.1 Å². The molecule has 1 unspecified atom stereocenters. The van der Waals surface area contributed by atoms with Gasteiger partial charge < -0.3 is 29.8 Å². The Bertz CT molecular complexity index is 1050. The summed E-state index contributed by atoms with van der Waals surface area (Å²) in [6.07, 6.45) is 1.61. The molecule has 0 aliphatic rings. The minimum Gasteiger partial charge on any atom is -0.495 e. The van der Waals surface area contributed by atoms with E-state index in [1.807, 2.05) is 36.4 Å². The second-order valence-corrected chi connectivity index (χ2v) is 7.22. The first-order valence-corrected chi connectivity index (χ1v) is 10.2. The molecule has 0 aliphatic heterocycles. The van der Waals surface area contributed by atoms with E-state index < -0.39 is 6.04 Å². The Labute approximate surface area is 186 Å². The minimum absolute atomic E-state index is 0.199. The van der Waals surface area contributed by atoms with Crippen LogP contribution < -0.4 is 20.7 Å². The standard InChI is InChI=1S/C24H27N3O5/c1-16(24(29)27-22-13-20(26-17(2)28)9-10-23(22)30-3)25-19-7-4-6-18(12-19)14-31-15-21-8-5-11-32-21/h4-13,16,25H,14-15H2,1-3H3,(H,26,28)(H,27,29). The first kappa shape index (κ1) is 22.9. The molecular weight excluding hydrogens is 410 g/mol. The van der Waals surface area contributed by atoms with Crippen molar-refractivity contribution in [2.24, 2.45) is 0 Å². The first-order valence-electron chi connectivity index (χ1n) is 10.2. The van der Waals surface area contributed by atoms with Crippen LogP contribution in [0.1, 0.15) is 25.2 Å². The number of nitrogens with one attached hydrogen (secondary N) is 3. The number of ether oxygens (including phenoxy) is 2. The van der Waals surface area contributed by atoms with Gasteiger partial charge >= 0.3 is 0 Å². The van der Waals surface area contributed by atoms with Gasteiger partial charge in [-0.3, -0.25) is 9.59 Å². The fourth-order valence-corrected chi connectivity index (χ4v) is 3.06. The van der Waals surface area contributed by atoms with Crippen molar-refractivity contribution in [3.8, 4) is 5.75 Å². The summed E-state index contributed by atoms with van der Waals surface area (Å²) in [6.45, 7) is 4.00. The van der Waals surface area contributed by atoms with E-state index in [-0.39, 0.29) is 11.8 Å². The number of benzene rings is 2. The van der Waals surface area contributed by atoms with Gasteiger partial charge in [0.1, 0.15) is 24.2 Å². The number of amides is 2. The number of carbonyl (C=O) groups excluding carboxylic acids is 2. The molecule has 0 fully saturated rings. The van der Waals surface area contributed by atoms with Gasteiger partial charge in [0.2, 0.25) is 11.8 Å². The van der Waals surface area contributed by atoms with Crippen LogP contribution in [0.25, 0.3) is 0 Å². The molecule has 1 heterocycles. The molecule has 32 heavy (non-hydrogen) atoms. The normalized spacial score (nSPS) is 11.5. The zero-order valence-corrected chi connectivity index (χ0v) is 18.3. The molecule has 1 aromatic heterocycles. The lowest BCUT2D eigenvalue weighted by molar-refractivity contribution is -0.116. The van der Waals surface area contributed by atoms with Crippen LogP contribution in [0, 0.1) is 0 Å². The predicted octanol–water partition coefficient (Wildman–Crippen LogP) is 4.40. The average Bonchev–Trinajstić information content (AvgIpc) is 3.27. The molecule has 0 saturated heterocycles. The third-order valence-electron chi connectivity index (χ3n) is 4.57. The maximum absolute atomic E-state index is 12.8. The molecule has 0 aliphatic carbocycles. The third-order valence-corrected chi connectivity index (χ3v) is 4.57. The number of furan rings is 1. The highest BCUT2D eigenvalue weighted by atomic mass is 16.5. The zero-order chi connectivity index (χ0) is 22.9. The van der Waals surface area contributed by atoms with Crippen molar-refractivity contribution < 1.29 is 23.5 Å². The van der Waals surface area contributed by atoms with E-state index in [4.69, 9.17) is 13.9 Å². The van der Waals surface area contributed by atoms with Crippen molar-refractivity contribution in [2.45, 2.75) is 33.1 Å². The monoisotopic (exact) mass is 437 g/mol. The van der Waals surface area contributed by atoms with Crippen molar-refractivity contribution in [1.29, 1.82) is 0 Å². The molecule has 168 valence electrons. The number of hydrogen-bond acceptors (Lipinski definition) is 6. The Morgan fingerprint density at radius 2 is 1.84 bits per heavy atom. The first-order chi connectivity index (χ1) is 15.4. The molecule has 0 bridgehead atoms. The van der Waals surface area contributed by atoms with Crippen LogP contribution >= 0.6 is 0 Å². The smallest absolute Gasteiger partial charge is 0.246 e. The van der Waals surface area contributed by atoms with E-state index >= 15 is 0 Å². The molecule has 0 saturated carbocycles. The maximum Gasteiger partial charge on any atom is 0.246 e. The lowest BCUT2D eigenvalue weighted by atomic mass is 10.2. The lowest BCUT2D eigenvalue weighted by Crippen LogP contribution is -2.32. The van der Waals surface area contributed by atoms with E-state index in [2.05, 4.69) is 16.0 Å². The number of methoxy groups -OCH3 is 1. The Hall–Kier alpha value is -3.78. The van der Waals surface area contributed by atoms with Crippen LogP contribution in [0.2, 0.25) is 0 Å². The summed E-state index contributed by atoms with van der Waals surface area (Å²) < 4.78 is 16.2. The van der Waals surface area contributed by atoms with Crippen molar-refractivity contribution >= 4 is 28.9 Å². The molecular formula is C24H27N3O5. The summed E-state index contributed by atoms with van der Waals surface area (Å²) in [5, 5.41) is 8.73. The van der Waals surface area contributed by atoms with Gasteiger partial charge in [0.15, 0.2) is 0 Å². The molecule has 2 amide bonds. The molecule has 1 atom stereocenters. The van der Waals surface area contributed by atoms with Gasteiger partial charge in [0.25, 0.3) is 0 Å². The molecule has 3 N–H and O–H groups in total. The Kier molecular flexibility index (Phi) is 7.88. The van der Waals surface area contributed by atoms with Crippen molar-refractivity contribution in [3.63, 3.8) is 0 Å². The van der Waals surface area contributed by atoms with Crippen LogP contribution in [-0.2, 0) is 27.5 Å².